The van der Waals surface area contributed by atoms with Crippen LogP contribution in [0.15, 0.2) is 24.3 Å². The maximum atomic E-state index is 6.13. The predicted octanol–water partition coefficient (Wildman–Crippen LogP) is 3.94. The van der Waals surface area contributed by atoms with Crippen molar-refractivity contribution in [1.29, 1.82) is 0 Å². The molecule has 1 aromatic rings. The van der Waals surface area contributed by atoms with E-state index in [9.17, 15) is 0 Å². The van der Waals surface area contributed by atoms with Crippen LogP contribution in [0.25, 0.3) is 0 Å². The van der Waals surface area contributed by atoms with Crippen LogP contribution in [0.2, 0.25) is 0 Å². The van der Waals surface area contributed by atoms with Gasteiger partial charge in [0.25, 0.3) is 0 Å². The van der Waals surface area contributed by atoms with Gasteiger partial charge in [0, 0.05) is 11.5 Å². The summed E-state index contributed by atoms with van der Waals surface area (Å²) in [5.74, 6) is 1.38. The maximum absolute atomic E-state index is 6.13. The molecule has 0 unspecified atom stereocenters. The van der Waals surface area contributed by atoms with Crippen molar-refractivity contribution in [1.82, 2.24) is 0 Å². The highest BCUT2D eigenvalue weighted by Gasteiger charge is 2.30. The van der Waals surface area contributed by atoms with Crippen molar-refractivity contribution in [3.05, 3.63) is 29.8 Å². The van der Waals surface area contributed by atoms with E-state index in [1.807, 2.05) is 24.3 Å². The second-order valence-corrected chi connectivity index (χ2v) is 5.07. The molecule has 0 bridgehead atoms. The summed E-state index contributed by atoms with van der Waals surface area (Å²) in [4.78, 5) is 0. The van der Waals surface area contributed by atoms with Crippen LogP contribution in [-0.2, 0) is 9.47 Å². The summed E-state index contributed by atoms with van der Waals surface area (Å²) in [7, 11) is 1.67. The van der Waals surface area contributed by atoms with Crippen LogP contribution in [0.5, 0.6) is 5.75 Å². The van der Waals surface area contributed by atoms with E-state index in [0.29, 0.717) is 12.0 Å². The van der Waals surface area contributed by atoms with Gasteiger partial charge in [0.2, 0.25) is 0 Å². The number of benzene rings is 1. The topological polar surface area (TPSA) is 27.7 Å². The van der Waals surface area contributed by atoms with Gasteiger partial charge in [-0.05, 0) is 25.0 Å². The van der Waals surface area contributed by atoms with Gasteiger partial charge in [-0.2, -0.15) is 0 Å². The van der Waals surface area contributed by atoms with Gasteiger partial charge in [-0.25, -0.2) is 0 Å². The Morgan fingerprint density at radius 2 is 1.95 bits per heavy atom. The SMILES string of the molecule is CCC[C@@H]1O[C@@H](c2ccc(OC)cc2)OC[C@H]1CC. The van der Waals surface area contributed by atoms with Gasteiger partial charge < -0.3 is 14.2 Å². The lowest BCUT2D eigenvalue weighted by Gasteiger charge is -2.36. The van der Waals surface area contributed by atoms with Crippen LogP contribution < -0.4 is 4.74 Å². The molecule has 3 nitrogen and oxygen atoms in total. The largest absolute Gasteiger partial charge is 0.497 e. The van der Waals surface area contributed by atoms with Crippen LogP contribution in [0.3, 0.4) is 0 Å². The first-order chi connectivity index (χ1) is 9.28. The number of methoxy groups -OCH3 is 1. The molecule has 1 aliphatic rings. The summed E-state index contributed by atoms with van der Waals surface area (Å²) >= 11 is 0. The molecular formula is C16H24O3. The third kappa shape index (κ3) is 3.48. The number of ether oxygens (including phenoxy) is 3. The third-order valence-corrected chi connectivity index (χ3v) is 3.77. The smallest absolute Gasteiger partial charge is 0.184 e. The second kappa shape index (κ2) is 6.92. The highest BCUT2D eigenvalue weighted by Crippen LogP contribution is 2.33. The van der Waals surface area contributed by atoms with Gasteiger partial charge in [0.05, 0.1) is 19.8 Å². The number of rotatable bonds is 5. The van der Waals surface area contributed by atoms with E-state index < -0.39 is 0 Å². The van der Waals surface area contributed by atoms with E-state index in [1.165, 1.54) is 0 Å². The molecule has 1 fully saturated rings. The molecule has 3 heteroatoms. The van der Waals surface area contributed by atoms with E-state index in [2.05, 4.69) is 13.8 Å². The molecule has 0 spiro atoms. The van der Waals surface area contributed by atoms with Gasteiger partial charge in [0.15, 0.2) is 6.29 Å². The first-order valence-corrected chi connectivity index (χ1v) is 7.19. The lowest BCUT2D eigenvalue weighted by atomic mass is 9.95. The zero-order valence-electron chi connectivity index (χ0n) is 12.1. The van der Waals surface area contributed by atoms with Crippen LogP contribution in [0, 0.1) is 5.92 Å². The molecule has 1 aliphatic heterocycles. The summed E-state index contributed by atoms with van der Waals surface area (Å²) in [5, 5.41) is 0. The molecule has 1 aromatic carbocycles. The Morgan fingerprint density at radius 3 is 2.53 bits per heavy atom. The first-order valence-electron chi connectivity index (χ1n) is 7.19. The quantitative estimate of drug-likeness (QED) is 0.806. The van der Waals surface area contributed by atoms with Gasteiger partial charge in [-0.1, -0.05) is 32.4 Å². The summed E-state index contributed by atoms with van der Waals surface area (Å²) < 4.78 is 17.2. The Balaban J connectivity index is 2.04. The standard InChI is InChI=1S/C16H24O3/c1-4-6-15-12(5-2)11-18-16(19-15)13-7-9-14(17-3)10-8-13/h7-10,12,15-16H,4-6,11H2,1-3H3/t12-,15+,16+/m1/s1. The minimum absolute atomic E-state index is 0.231. The zero-order valence-corrected chi connectivity index (χ0v) is 12.1. The summed E-state index contributed by atoms with van der Waals surface area (Å²) in [6, 6.07) is 7.92. The Labute approximate surface area is 115 Å². The fourth-order valence-corrected chi connectivity index (χ4v) is 2.53. The Hall–Kier alpha value is -1.06. The van der Waals surface area contributed by atoms with Crippen LogP contribution in [0.1, 0.15) is 45.0 Å². The van der Waals surface area contributed by atoms with E-state index >= 15 is 0 Å². The average molecular weight is 264 g/mol. The van der Waals surface area contributed by atoms with Crippen LogP contribution in [-0.4, -0.2) is 19.8 Å². The van der Waals surface area contributed by atoms with Crippen molar-refractivity contribution < 1.29 is 14.2 Å². The van der Waals surface area contributed by atoms with E-state index in [1.54, 1.807) is 7.11 Å². The minimum Gasteiger partial charge on any atom is -0.497 e. The van der Waals surface area contributed by atoms with E-state index in [0.717, 1.165) is 37.2 Å². The van der Waals surface area contributed by atoms with E-state index in [4.69, 9.17) is 14.2 Å². The molecule has 19 heavy (non-hydrogen) atoms. The van der Waals surface area contributed by atoms with E-state index in [-0.39, 0.29) is 6.29 Å². The first kappa shape index (κ1) is 14.4. The van der Waals surface area contributed by atoms with Gasteiger partial charge in [-0.15, -0.1) is 0 Å². The normalized spacial score (nSPS) is 27.2. The lowest BCUT2D eigenvalue weighted by Crippen LogP contribution is -2.35. The average Bonchev–Trinajstić information content (AvgIpc) is 2.47. The molecule has 0 aromatic heterocycles. The molecule has 2 rings (SSSR count). The molecule has 1 heterocycles. The summed E-state index contributed by atoms with van der Waals surface area (Å²) in [6.07, 6.45) is 3.45. The van der Waals surface area contributed by atoms with Crippen molar-refractivity contribution >= 4 is 0 Å². The van der Waals surface area contributed by atoms with Crippen molar-refractivity contribution in [2.24, 2.45) is 5.92 Å². The predicted molar refractivity (Wildman–Crippen MR) is 75.2 cm³/mol. The van der Waals surface area contributed by atoms with Crippen molar-refractivity contribution in [2.45, 2.75) is 45.5 Å². The van der Waals surface area contributed by atoms with Crippen molar-refractivity contribution in [2.75, 3.05) is 13.7 Å². The van der Waals surface area contributed by atoms with Crippen LogP contribution >= 0.6 is 0 Å². The molecule has 0 N–H and O–H groups in total. The lowest BCUT2D eigenvalue weighted by molar-refractivity contribution is -0.243. The van der Waals surface area contributed by atoms with Gasteiger partial charge >= 0.3 is 0 Å². The highest BCUT2D eigenvalue weighted by atomic mass is 16.7. The Morgan fingerprint density at radius 1 is 1.21 bits per heavy atom. The molecule has 106 valence electrons. The monoisotopic (exact) mass is 264 g/mol. The van der Waals surface area contributed by atoms with Crippen molar-refractivity contribution in [3.8, 4) is 5.75 Å². The van der Waals surface area contributed by atoms with Gasteiger partial charge in [-0.3, -0.25) is 0 Å². The molecule has 0 amide bonds. The molecule has 1 saturated heterocycles. The Bertz CT molecular complexity index is 374. The molecule has 0 saturated carbocycles. The van der Waals surface area contributed by atoms with Gasteiger partial charge in [0.1, 0.15) is 5.75 Å². The summed E-state index contributed by atoms with van der Waals surface area (Å²) in [5.41, 5.74) is 1.07. The van der Waals surface area contributed by atoms with Crippen molar-refractivity contribution in [3.63, 3.8) is 0 Å². The second-order valence-electron chi connectivity index (χ2n) is 5.07. The summed E-state index contributed by atoms with van der Waals surface area (Å²) in [6.45, 7) is 5.19. The number of hydrogen-bond donors (Lipinski definition) is 0. The fourth-order valence-electron chi connectivity index (χ4n) is 2.53. The fraction of sp³-hybridized carbons (Fsp3) is 0.625. The molecule has 3 atom stereocenters. The third-order valence-electron chi connectivity index (χ3n) is 3.77. The Kier molecular flexibility index (Phi) is 5.23. The molecule has 0 radical (unpaired) electrons. The molecular weight excluding hydrogens is 240 g/mol. The maximum Gasteiger partial charge on any atom is 0.184 e. The minimum atomic E-state index is -0.231. The highest BCUT2D eigenvalue weighted by molar-refractivity contribution is 5.27. The molecule has 0 aliphatic carbocycles. The van der Waals surface area contributed by atoms with Crippen LogP contribution in [0.4, 0.5) is 0 Å². The zero-order chi connectivity index (χ0) is 13.7. The number of hydrogen-bond acceptors (Lipinski definition) is 3.